The van der Waals surface area contributed by atoms with Crippen LogP contribution in [0.3, 0.4) is 0 Å². The first kappa shape index (κ1) is 13.3. The summed E-state index contributed by atoms with van der Waals surface area (Å²) in [4.78, 5) is 25.8. The molecule has 4 nitrogen and oxygen atoms in total. The van der Waals surface area contributed by atoms with Crippen molar-refractivity contribution in [1.82, 2.24) is 9.80 Å². The molecule has 0 rings (SSSR count). The molecule has 0 fully saturated rings. The predicted octanol–water partition coefficient (Wildman–Crippen LogP) is 0.243. The minimum atomic E-state index is -0.0561. The van der Waals surface area contributed by atoms with Crippen molar-refractivity contribution in [2.24, 2.45) is 0 Å². The largest absolute Gasteiger partial charge is 0.347 e. The lowest BCUT2D eigenvalue weighted by molar-refractivity contribution is -0.138. The minimum Gasteiger partial charge on any atom is -0.347 e. The average Bonchev–Trinajstić information content (AvgIpc) is 2.13. The molecule has 5 heteroatoms. The Morgan fingerprint density at radius 2 is 1.79 bits per heavy atom. The second-order valence-corrected chi connectivity index (χ2v) is 3.62. The van der Waals surface area contributed by atoms with E-state index in [1.165, 1.54) is 4.90 Å². The van der Waals surface area contributed by atoms with E-state index in [1.54, 1.807) is 19.0 Å². The van der Waals surface area contributed by atoms with Gasteiger partial charge in [-0.15, -0.1) is 0 Å². The SMILES string of the molecule is CCN(CC(=O)N(C)C)C(=O)CCS. The lowest BCUT2D eigenvalue weighted by Crippen LogP contribution is -2.40. The number of hydrogen-bond donors (Lipinski definition) is 1. The molecule has 0 N–H and O–H groups in total. The third-order valence-corrected chi connectivity index (χ3v) is 2.11. The molecular formula is C9H18N2O2S. The number of hydrogen-bond acceptors (Lipinski definition) is 3. The fraction of sp³-hybridized carbons (Fsp3) is 0.778. The maximum absolute atomic E-state index is 11.4. The molecule has 0 aliphatic rings. The zero-order valence-corrected chi connectivity index (χ0v) is 9.88. The summed E-state index contributed by atoms with van der Waals surface area (Å²) < 4.78 is 0. The number of carbonyl (C=O) groups is 2. The summed E-state index contributed by atoms with van der Waals surface area (Å²) in [5.41, 5.74) is 0. The Morgan fingerprint density at radius 3 is 2.14 bits per heavy atom. The molecule has 0 aliphatic carbocycles. The second kappa shape index (κ2) is 6.70. The Kier molecular flexibility index (Phi) is 6.36. The highest BCUT2D eigenvalue weighted by molar-refractivity contribution is 7.80. The second-order valence-electron chi connectivity index (χ2n) is 3.17. The van der Waals surface area contributed by atoms with Gasteiger partial charge in [0.15, 0.2) is 0 Å². The van der Waals surface area contributed by atoms with Gasteiger partial charge in [-0.3, -0.25) is 9.59 Å². The van der Waals surface area contributed by atoms with Gasteiger partial charge in [0.1, 0.15) is 0 Å². The minimum absolute atomic E-state index is 0.0160. The molecule has 0 aromatic rings. The molecule has 0 heterocycles. The number of rotatable bonds is 5. The van der Waals surface area contributed by atoms with Crippen LogP contribution in [0.5, 0.6) is 0 Å². The molecule has 82 valence electrons. The van der Waals surface area contributed by atoms with E-state index in [-0.39, 0.29) is 18.4 Å². The molecule has 0 unspecified atom stereocenters. The molecule has 2 amide bonds. The molecule has 0 saturated heterocycles. The molecule has 0 atom stereocenters. The zero-order chi connectivity index (χ0) is 11.1. The Balaban J connectivity index is 4.15. The van der Waals surface area contributed by atoms with E-state index in [1.807, 2.05) is 6.92 Å². The van der Waals surface area contributed by atoms with Crippen molar-refractivity contribution in [3.63, 3.8) is 0 Å². The molecule has 0 aromatic carbocycles. The van der Waals surface area contributed by atoms with Crippen molar-refractivity contribution >= 4 is 24.4 Å². The summed E-state index contributed by atoms with van der Waals surface area (Å²) in [5, 5.41) is 0. The van der Waals surface area contributed by atoms with E-state index in [9.17, 15) is 9.59 Å². The summed E-state index contributed by atoms with van der Waals surface area (Å²) >= 11 is 3.98. The average molecular weight is 218 g/mol. The van der Waals surface area contributed by atoms with E-state index in [0.717, 1.165) is 0 Å². The summed E-state index contributed by atoms with van der Waals surface area (Å²) in [5.74, 6) is 0.447. The molecule has 0 aliphatic heterocycles. The van der Waals surface area contributed by atoms with Crippen molar-refractivity contribution < 1.29 is 9.59 Å². The van der Waals surface area contributed by atoms with E-state index in [4.69, 9.17) is 0 Å². The number of thiol groups is 1. The van der Waals surface area contributed by atoms with Gasteiger partial charge in [0.25, 0.3) is 0 Å². The van der Waals surface area contributed by atoms with Gasteiger partial charge in [-0.25, -0.2) is 0 Å². The van der Waals surface area contributed by atoms with E-state index < -0.39 is 0 Å². The van der Waals surface area contributed by atoms with Crippen LogP contribution in [0.25, 0.3) is 0 Å². The van der Waals surface area contributed by atoms with Gasteiger partial charge >= 0.3 is 0 Å². The van der Waals surface area contributed by atoms with Crippen molar-refractivity contribution in [3.8, 4) is 0 Å². The summed E-state index contributed by atoms with van der Waals surface area (Å²) in [6.07, 6.45) is 0.387. The van der Waals surface area contributed by atoms with E-state index in [2.05, 4.69) is 12.6 Å². The molecular weight excluding hydrogens is 200 g/mol. The summed E-state index contributed by atoms with van der Waals surface area (Å²) in [6, 6.07) is 0. The Hall–Kier alpha value is -0.710. The van der Waals surface area contributed by atoms with Gasteiger partial charge in [-0.05, 0) is 12.7 Å². The normalized spacial score (nSPS) is 9.71. The lowest BCUT2D eigenvalue weighted by Gasteiger charge is -2.21. The Labute approximate surface area is 90.7 Å². The van der Waals surface area contributed by atoms with Crippen molar-refractivity contribution in [2.75, 3.05) is 32.9 Å². The fourth-order valence-corrected chi connectivity index (χ4v) is 1.13. The third kappa shape index (κ3) is 4.50. The summed E-state index contributed by atoms with van der Waals surface area (Å²) in [7, 11) is 3.36. The topological polar surface area (TPSA) is 40.6 Å². The third-order valence-electron chi connectivity index (χ3n) is 1.89. The maximum Gasteiger partial charge on any atom is 0.241 e. The highest BCUT2D eigenvalue weighted by Crippen LogP contribution is 1.96. The van der Waals surface area contributed by atoms with Crippen LogP contribution in [0.2, 0.25) is 0 Å². The first-order chi connectivity index (χ1) is 6.52. The molecule has 0 aromatic heterocycles. The standard InChI is InChI=1S/C9H18N2O2S/c1-4-11(8(12)5-6-14)7-9(13)10(2)3/h14H,4-7H2,1-3H3. The maximum atomic E-state index is 11.4. The number of amides is 2. The van der Waals surface area contributed by atoms with Crippen LogP contribution in [-0.4, -0.2) is 54.6 Å². The Morgan fingerprint density at radius 1 is 1.21 bits per heavy atom. The molecule has 0 radical (unpaired) electrons. The van der Waals surface area contributed by atoms with Crippen molar-refractivity contribution in [2.45, 2.75) is 13.3 Å². The molecule has 0 spiro atoms. The van der Waals surface area contributed by atoms with Crippen LogP contribution >= 0.6 is 12.6 Å². The first-order valence-electron chi connectivity index (χ1n) is 4.61. The van der Waals surface area contributed by atoms with Gasteiger partial charge < -0.3 is 9.80 Å². The smallest absolute Gasteiger partial charge is 0.241 e. The first-order valence-corrected chi connectivity index (χ1v) is 5.25. The van der Waals surface area contributed by atoms with Crippen molar-refractivity contribution in [1.29, 1.82) is 0 Å². The van der Waals surface area contributed by atoms with Gasteiger partial charge in [0.05, 0.1) is 6.54 Å². The van der Waals surface area contributed by atoms with Crippen LogP contribution in [-0.2, 0) is 9.59 Å². The van der Waals surface area contributed by atoms with E-state index in [0.29, 0.717) is 18.7 Å². The number of likely N-dealkylation sites (N-methyl/N-ethyl adjacent to an activating group) is 2. The molecule has 0 saturated carbocycles. The van der Waals surface area contributed by atoms with Crippen LogP contribution in [0.1, 0.15) is 13.3 Å². The van der Waals surface area contributed by atoms with Gasteiger partial charge in [0.2, 0.25) is 11.8 Å². The zero-order valence-electron chi connectivity index (χ0n) is 8.99. The van der Waals surface area contributed by atoms with Crippen LogP contribution < -0.4 is 0 Å². The van der Waals surface area contributed by atoms with Gasteiger partial charge in [-0.1, -0.05) is 0 Å². The van der Waals surface area contributed by atoms with Crippen LogP contribution in [0.4, 0.5) is 0 Å². The fourth-order valence-electron chi connectivity index (χ4n) is 0.935. The predicted molar refractivity (Wildman–Crippen MR) is 59.4 cm³/mol. The van der Waals surface area contributed by atoms with Crippen LogP contribution in [0.15, 0.2) is 0 Å². The monoisotopic (exact) mass is 218 g/mol. The van der Waals surface area contributed by atoms with Crippen molar-refractivity contribution in [3.05, 3.63) is 0 Å². The summed E-state index contributed by atoms with van der Waals surface area (Å²) in [6.45, 7) is 2.58. The number of carbonyl (C=O) groups excluding carboxylic acids is 2. The highest BCUT2D eigenvalue weighted by atomic mass is 32.1. The van der Waals surface area contributed by atoms with E-state index >= 15 is 0 Å². The Bertz CT molecular complexity index is 207. The van der Waals surface area contributed by atoms with Gasteiger partial charge in [0, 0.05) is 27.1 Å². The van der Waals surface area contributed by atoms with Gasteiger partial charge in [-0.2, -0.15) is 12.6 Å². The highest BCUT2D eigenvalue weighted by Gasteiger charge is 2.15. The van der Waals surface area contributed by atoms with Crippen LogP contribution in [0, 0.1) is 0 Å². The lowest BCUT2D eigenvalue weighted by atomic mass is 10.3. The molecule has 0 bridgehead atoms. The molecule has 14 heavy (non-hydrogen) atoms. The number of nitrogens with zero attached hydrogens (tertiary/aromatic N) is 2. The quantitative estimate of drug-likeness (QED) is 0.672.